The van der Waals surface area contributed by atoms with Gasteiger partial charge in [0.15, 0.2) is 5.82 Å². The minimum Gasteiger partial charge on any atom is -0.383 e. The van der Waals surface area contributed by atoms with Crippen LogP contribution in [0.4, 0.5) is 11.4 Å². The van der Waals surface area contributed by atoms with Crippen molar-refractivity contribution in [2.24, 2.45) is 0 Å². The molecule has 1 aromatic heterocycles. The number of non-ortho nitro benzene ring substituents is 1. The van der Waals surface area contributed by atoms with E-state index in [9.17, 15) is 10.1 Å². The van der Waals surface area contributed by atoms with Crippen molar-refractivity contribution in [1.29, 1.82) is 0 Å². The Hall–Kier alpha value is -2.15. The number of nitro groups is 1. The molecular weight excluding hydrogens is 272 g/mol. The number of hydrogen-bond donors (Lipinski definition) is 1. The van der Waals surface area contributed by atoms with Gasteiger partial charge in [-0.25, -0.2) is 0 Å². The molecule has 0 radical (unpaired) electrons. The highest BCUT2D eigenvalue weighted by molar-refractivity contribution is 6.33. The lowest BCUT2D eigenvalue weighted by Crippen LogP contribution is -2.05. The van der Waals surface area contributed by atoms with E-state index in [0.29, 0.717) is 35.4 Å². The van der Waals surface area contributed by atoms with Crippen LogP contribution in [0.15, 0.2) is 22.7 Å². The van der Waals surface area contributed by atoms with Crippen LogP contribution >= 0.6 is 11.6 Å². The molecule has 0 aliphatic heterocycles. The Morgan fingerprint density at radius 1 is 1.53 bits per heavy atom. The standard InChI is InChI=1S/C11H11ClN4O3/c1-7-14-11(19-15-7)4-5-13-10-3-2-8(16(17)18)6-9(10)12/h2-3,6,13H,4-5H2,1H3. The number of halogens is 1. The highest BCUT2D eigenvalue weighted by Crippen LogP contribution is 2.26. The molecule has 0 saturated heterocycles. The van der Waals surface area contributed by atoms with Crippen LogP contribution in [0, 0.1) is 17.0 Å². The molecule has 0 amide bonds. The van der Waals surface area contributed by atoms with Gasteiger partial charge in [-0.15, -0.1) is 0 Å². The Labute approximate surface area is 113 Å². The topological polar surface area (TPSA) is 94.1 Å². The summed E-state index contributed by atoms with van der Waals surface area (Å²) in [7, 11) is 0. The van der Waals surface area contributed by atoms with E-state index in [4.69, 9.17) is 16.1 Å². The van der Waals surface area contributed by atoms with Crippen LogP contribution in [0.2, 0.25) is 5.02 Å². The van der Waals surface area contributed by atoms with Gasteiger partial charge >= 0.3 is 0 Å². The highest BCUT2D eigenvalue weighted by atomic mass is 35.5. The van der Waals surface area contributed by atoms with Crippen LogP contribution < -0.4 is 5.32 Å². The van der Waals surface area contributed by atoms with Crippen molar-refractivity contribution < 1.29 is 9.45 Å². The van der Waals surface area contributed by atoms with Crippen molar-refractivity contribution in [1.82, 2.24) is 10.1 Å². The number of benzene rings is 1. The van der Waals surface area contributed by atoms with Crippen LogP contribution in [0.1, 0.15) is 11.7 Å². The fourth-order valence-corrected chi connectivity index (χ4v) is 1.75. The summed E-state index contributed by atoms with van der Waals surface area (Å²) in [4.78, 5) is 14.1. The molecule has 2 rings (SSSR count). The molecule has 0 atom stereocenters. The lowest BCUT2D eigenvalue weighted by atomic mass is 10.2. The number of hydrogen-bond acceptors (Lipinski definition) is 6. The molecule has 1 heterocycles. The molecule has 0 fully saturated rings. The maximum absolute atomic E-state index is 10.6. The van der Waals surface area contributed by atoms with Crippen LogP contribution in [0.25, 0.3) is 0 Å². The van der Waals surface area contributed by atoms with Gasteiger partial charge in [-0.1, -0.05) is 16.8 Å². The van der Waals surface area contributed by atoms with E-state index in [0.717, 1.165) is 0 Å². The van der Waals surface area contributed by atoms with Gasteiger partial charge in [0.2, 0.25) is 5.89 Å². The van der Waals surface area contributed by atoms with Gasteiger partial charge in [0.1, 0.15) is 0 Å². The fraction of sp³-hybridized carbons (Fsp3) is 0.273. The van der Waals surface area contributed by atoms with Crippen LogP contribution in [-0.4, -0.2) is 21.6 Å². The lowest BCUT2D eigenvalue weighted by Gasteiger charge is -2.06. The molecule has 0 unspecified atom stereocenters. The van der Waals surface area contributed by atoms with Crippen LogP contribution in [0.3, 0.4) is 0 Å². The summed E-state index contributed by atoms with van der Waals surface area (Å²) >= 11 is 5.94. The van der Waals surface area contributed by atoms with Gasteiger partial charge in [-0.3, -0.25) is 10.1 Å². The van der Waals surface area contributed by atoms with Crippen molar-refractivity contribution in [3.05, 3.63) is 45.1 Å². The van der Waals surface area contributed by atoms with Crippen molar-refractivity contribution in [2.45, 2.75) is 13.3 Å². The molecule has 0 bridgehead atoms. The molecule has 19 heavy (non-hydrogen) atoms. The molecular formula is C11H11ClN4O3. The molecule has 0 saturated carbocycles. The first-order valence-corrected chi connectivity index (χ1v) is 5.91. The number of nitrogens with one attached hydrogen (secondary N) is 1. The molecule has 1 aromatic carbocycles. The van der Waals surface area contributed by atoms with E-state index in [-0.39, 0.29) is 5.69 Å². The van der Waals surface area contributed by atoms with E-state index in [1.54, 1.807) is 13.0 Å². The van der Waals surface area contributed by atoms with Gasteiger partial charge in [-0.05, 0) is 13.0 Å². The smallest absolute Gasteiger partial charge is 0.271 e. The Kier molecular flexibility index (Phi) is 3.96. The number of aryl methyl sites for hydroxylation is 1. The highest BCUT2D eigenvalue weighted by Gasteiger charge is 2.09. The second-order valence-corrected chi connectivity index (χ2v) is 4.24. The summed E-state index contributed by atoms with van der Waals surface area (Å²) in [6, 6.07) is 4.27. The number of anilines is 1. The van der Waals surface area contributed by atoms with Crippen LogP contribution in [0.5, 0.6) is 0 Å². The fourth-order valence-electron chi connectivity index (χ4n) is 1.51. The zero-order chi connectivity index (χ0) is 13.8. The molecule has 7 nitrogen and oxygen atoms in total. The van der Waals surface area contributed by atoms with E-state index in [1.165, 1.54) is 12.1 Å². The summed E-state index contributed by atoms with van der Waals surface area (Å²) in [5.74, 6) is 1.12. The van der Waals surface area contributed by atoms with Gasteiger partial charge in [0.05, 0.1) is 15.6 Å². The Balaban J connectivity index is 1.94. The molecule has 0 spiro atoms. The van der Waals surface area contributed by atoms with Crippen LogP contribution in [-0.2, 0) is 6.42 Å². The Morgan fingerprint density at radius 2 is 2.32 bits per heavy atom. The second kappa shape index (κ2) is 5.66. The Bertz CT molecular complexity index is 599. The first kappa shape index (κ1) is 13.3. The van der Waals surface area contributed by atoms with Crippen molar-refractivity contribution in [3.63, 3.8) is 0 Å². The Morgan fingerprint density at radius 3 is 2.89 bits per heavy atom. The van der Waals surface area contributed by atoms with Crippen molar-refractivity contribution in [2.75, 3.05) is 11.9 Å². The average Bonchev–Trinajstić information content (AvgIpc) is 2.77. The lowest BCUT2D eigenvalue weighted by molar-refractivity contribution is -0.384. The summed E-state index contributed by atoms with van der Waals surface area (Å²) < 4.78 is 4.96. The number of nitro benzene ring substituents is 1. The monoisotopic (exact) mass is 282 g/mol. The number of nitrogens with zero attached hydrogens (tertiary/aromatic N) is 3. The van der Waals surface area contributed by atoms with Gasteiger partial charge in [0, 0.05) is 25.1 Å². The average molecular weight is 283 g/mol. The third-order valence-corrected chi connectivity index (χ3v) is 2.70. The normalized spacial score (nSPS) is 10.4. The largest absolute Gasteiger partial charge is 0.383 e. The first-order chi connectivity index (χ1) is 9.06. The zero-order valence-corrected chi connectivity index (χ0v) is 10.8. The number of rotatable bonds is 5. The maximum atomic E-state index is 10.6. The molecule has 1 N–H and O–H groups in total. The third kappa shape index (κ3) is 3.41. The second-order valence-electron chi connectivity index (χ2n) is 3.83. The molecule has 0 aliphatic carbocycles. The first-order valence-electron chi connectivity index (χ1n) is 5.53. The summed E-state index contributed by atoms with van der Waals surface area (Å²) in [6.45, 7) is 2.28. The van der Waals surface area contributed by atoms with Gasteiger partial charge in [-0.2, -0.15) is 4.98 Å². The third-order valence-electron chi connectivity index (χ3n) is 2.39. The number of aromatic nitrogens is 2. The van der Waals surface area contributed by atoms with E-state index in [1.807, 2.05) is 0 Å². The maximum Gasteiger partial charge on any atom is 0.271 e. The molecule has 0 aliphatic rings. The molecule has 100 valence electrons. The van der Waals surface area contributed by atoms with Gasteiger partial charge in [0.25, 0.3) is 5.69 Å². The van der Waals surface area contributed by atoms with E-state index >= 15 is 0 Å². The SMILES string of the molecule is Cc1noc(CCNc2ccc([N+](=O)[O-])cc2Cl)n1. The predicted molar refractivity (Wildman–Crippen MR) is 69.3 cm³/mol. The molecule has 8 heteroatoms. The van der Waals surface area contributed by atoms with Crippen molar-refractivity contribution >= 4 is 23.0 Å². The molecule has 2 aromatic rings. The zero-order valence-electron chi connectivity index (χ0n) is 10.1. The summed E-state index contributed by atoms with van der Waals surface area (Å²) in [5.41, 5.74) is 0.589. The summed E-state index contributed by atoms with van der Waals surface area (Å²) in [6.07, 6.45) is 0.550. The van der Waals surface area contributed by atoms with E-state index in [2.05, 4.69) is 15.5 Å². The van der Waals surface area contributed by atoms with Gasteiger partial charge < -0.3 is 9.84 Å². The minimum absolute atomic E-state index is 0.0388. The quantitative estimate of drug-likeness (QED) is 0.669. The van der Waals surface area contributed by atoms with E-state index < -0.39 is 4.92 Å². The predicted octanol–water partition coefficient (Wildman–Crippen LogP) is 2.59. The minimum atomic E-state index is -0.489. The summed E-state index contributed by atoms with van der Waals surface area (Å²) in [5, 5.41) is 17.6. The van der Waals surface area contributed by atoms with Crippen molar-refractivity contribution in [3.8, 4) is 0 Å².